The van der Waals surface area contributed by atoms with E-state index in [4.69, 9.17) is 14.2 Å². The van der Waals surface area contributed by atoms with E-state index >= 15 is 0 Å². The lowest BCUT2D eigenvalue weighted by Gasteiger charge is -2.27. The van der Waals surface area contributed by atoms with Gasteiger partial charge in [0.15, 0.2) is 11.5 Å². The van der Waals surface area contributed by atoms with Crippen molar-refractivity contribution in [3.63, 3.8) is 0 Å². The molecule has 2 N–H and O–H groups in total. The molecule has 9 heteroatoms. The molecule has 3 rings (SSSR count). The Morgan fingerprint density at radius 2 is 2.08 bits per heavy atom. The van der Waals surface area contributed by atoms with Gasteiger partial charge in [-0.3, -0.25) is 9.59 Å². The number of thioether (sulfide) groups is 1. The number of esters is 1. The Labute approximate surface area is 154 Å². The third-order valence-corrected chi connectivity index (χ3v) is 5.15. The highest BCUT2D eigenvalue weighted by Gasteiger charge is 2.34. The molecular formula is C17H20N2O6S. The minimum atomic E-state index is -0.662. The van der Waals surface area contributed by atoms with Crippen LogP contribution >= 0.6 is 11.8 Å². The zero-order chi connectivity index (χ0) is 18.5. The van der Waals surface area contributed by atoms with Crippen molar-refractivity contribution in [3.8, 4) is 11.5 Å². The highest BCUT2D eigenvalue weighted by Crippen LogP contribution is 2.32. The summed E-state index contributed by atoms with van der Waals surface area (Å²) in [4.78, 5) is 36.1. The van der Waals surface area contributed by atoms with Gasteiger partial charge in [0.1, 0.15) is 19.3 Å². The van der Waals surface area contributed by atoms with Gasteiger partial charge in [-0.15, -0.1) is 11.8 Å². The van der Waals surface area contributed by atoms with Crippen LogP contribution in [0.4, 0.5) is 5.69 Å². The summed E-state index contributed by atoms with van der Waals surface area (Å²) in [5, 5.41) is 4.82. The minimum Gasteiger partial charge on any atom is -0.486 e. The van der Waals surface area contributed by atoms with Crippen molar-refractivity contribution < 1.29 is 28.6 Å². The van der Waals surface area contributed by atoms with Crippen molar-refractivity contribution in [2.24, 2.45) is 0 Å². The van der Waals surface area contributed by atoms with Crippen LogP contribution in [-0.2, 0) is 19.1 Å². The fourth-order valence-corrected chi connectivity index (χ4v) is 3.75. The number of hydrogen-bond donors (Lipinski definition) is 2. The second-order valence-corrected chi connectivity index (χ2v) is 6.98. The highest BCUT2D eigenvalue weighted by molar-refractivity contribution is 8.00. The average Bonchev–Trinajstić information content (AvgIpc) is 2.63. The molecule has 1 aromatic carbocycles. The smallest absolute Gasteiger partial charge is 0.329 e. The van der Waals surface area contributed by atoms with Crippen molar-refractivity contribution in [2.45, 2.75) is 24.6 Å². The van der Waals surface area contributed by atoms with Gasteiger partial charge in [0, 0.05) is 23.9 Å². The molecule has 0 unspecified atom stereocenters. The second-order valence-electron chi connectivity index (χ2n) is 5.75. The number of rotatable bonds is 5. The predicted octanol–water partition coefficient (Wildman–Crippen LogP) is 0.950. The summed E-state index contributed by atoms with van der Waals surface area (Å²) in [5.74, 6) is 0.526. The normalized spacial score (nSPS) is 21.5. The second kappa shape index (κ2) is 8.31. The van der Waals surface area contributed by atoms with Gasteiger partial charge in [0.25, 0.3) is 0 Å². The molecule has 0 aromatic heterocycles. The number of carbonyl (C=O) groups is 3. The molecule has 0 aliphatic carbocycles. The van der Waals surface area contributed by atoms with E-state index in [0.717, 1.165) is 0 Å². The van der Waals surface area contributed by atoms with Crippen molar-refractivity contribution in [1.82, 2.24) is 5.32 Å². The zero-order valence-electron chi connectivity index (χ0n) is 14.3. The Morgan fingerprint density at radius 3 is 2.81 bits per heavy atom. The summed E-state index contributed by atoms with van der Waals surface area (Å²) in [6.07, 6.45) is 0.0144. The fraction of sp³-hybridized carbons (Fsp3) is 0.471. The molecule has 0 radical (unpaired) electrons. The maximum absolute atomic E-state index is 12.2. The molecule has 0 bridgehead atoms. The van der Waals surface area contributed by atoms with Gasteiger partial charge >= 0.3 is 5.97 Å². The van der Waals surface area contributed by atoms with E-state index in [0.29, 0.717) is 36.2 Å². The van der Waals surface area contributed by atoms with E-state index in [1.165, 1.54) is 11.8 Å². The summed E-state index contributed by atoms with van der Waals surface area (Å²) >= 11 is 1.28. The minimum absolute atomic E-state index is 0.0144. The van der Waals surface area contributed by atoms with Crippen LogP contribution in [0.5, 0.6) is 11.5 Å². The predicted molar refractivity (Wildman–Crippen MR) is 95.5 cm³/mol. The molecule has 8 nitrogen and oxygen atoms in total. The van der Waals surface area contributed by atoms with Crippen molar-refractivity contribution in [3.05, 3.63) is 18.2 Å². The summed E-state index contributed by atoms with van der Waals surface area (Å²) in [5.41, 5.74) is 0.574. The molecule has 2 aliphatic rings. The van der Waals surface area contributed by atoms with E-state index < -0.39 is 17.3 Å². The van der Waals surface area contributed by atoms with E-state index in [1.807, 2.05) is 0 Å². The number of ether oxygens (including phenoxy) is 3. The van der Waals surface area contributed by atoms with Gasteiger partial charge in [-0.1, -0.05) is 0 Å². The Kier molecular flexibility index (Phi) is 5.87. The molecule has 140 valence electrons. The summed E-state index contributed by atoms with van der Waals surface area (Å²) in [7, 11) is 0. The van der Waals surface area contributed by atoms with Gasteiger partial charge in [0.05, 0.1) is 11.9 Å². The molecule has 1 saturated heterocycles. The first-order chi connectivity index (χ1) is 12.6. The molecule has 1 fully saturated rings. The lowest BCUT2D eigenvalue weighted by molar-refractivity contribution is -0.146. The van der Waals surface area contributed by atoms with Crippen LogP contribution in [-0.4, -0.2) is 54.6 Å². The van der Waals surface area contributed by atoms with Crippen LogP contribution < -0.4 is 20.1 Å². The van der Waals surface area contributed by atoms with Gasteiger partial charge in [-0.2, -0.15) is 0 Å². The van der Waals surface area contributed by atoms with Crippen LogP contribution in [0.1, 0.15) is 13.3 Å². The number of hydrogen-bond acceptors (Lipinski definition) is 7. The van der Waals surface area contributed by atoms with Crippen LogP contribution in [0, 0.1) is 0 Å². The summed E-state index contributed by atoms with van der Waals surface area (Å²) < 4.78 is 15.8. The fourth-order valence-electron chi connectivity index (χ4n) is 2.62. The SMILES string of the molecule is CCOC(=O)[C@@H]1CS[C@H](CC(=O)Nc2ccc3c(c2)OCCO3)C(=O)N1. The third kappa shape index (κ3) is 4.40. The molecule has 0 spiro atoms. The lowest BCUT2D eigenvalue weighted by atomic mass is 10.2. The summed E-state index contributed by atoms with van der Waals surface area (Å²) in [6.45, 7) is 2.93. The van der Waals surface area contributed by atoms with Crippen molar-refractivity contribution in [2.75, 3.05) is 30.9 Å². The first-order valence-electron chi connectivity index (χ1n) is 8.35. The Hall–Kier alpha value is -2.42. The van der Waals surface area contributed by atoms with Gasteiger partial charge in [-0.25, -0.2) is 4.79 Å². The molecule has 26 heavy (non-hydrogen) atoms. The Morgan fingerprint density at radius 1 is 1.31 bits per heavy atom. The average molecular weight is 380 g/mol. The van der Waals surface area contributed by atoms with Gasteiger partial charge in [0.2, 0.25) is 11.8 Å². The summed E-state index contributed by atoms with van der Waals surface area (Å²) in [6, 6.07) is 4.48. The molecule has 2 aliphatic heterocycles. The van der Waals surface area contributed by atoms with Crippen molar-refractivity contribution >= 4 is 35.2 Å². The van der Waals surface area contributed by atoms with E-state index in [1.54, 1.807) is 25.1 Å². The molecule has 1 aromatic rings. The Bertz CT molecular complexity index is 710. The number of carbonyl (C=O) groups excluding carboxylic acids is 3. The molecule has 2 heterocycles. The standard InChI is InChI=1S/C17H20N2O6S/c1-2-23-17(22)11-9-26-14(16(21)19-11)8-15(20)18-10-3-4-12-13(7-10)25-6-5-24-12/h3-4,7,11,14H,2,5-6,8-9H2,1H3,(H,18,20)(H,19,21)/t11-,14+/m0/s1. The van der Waals surface area contributed by atoms with Crippen molar-refractivity contribution in [1.29, 1.82) is 0 Å². The van der Waals surface area contributed by atoms with Crippen LogP contribution in [0.2, 0.25) is 0 Å². The van der Waals surface area contributed by atoms with Crippen LogP contribution in [0.25, 0.3) is 0 Å². The molecular weight excluding hydrogens is 360 g/mol. The monoisotopic (exact) mass is 380 g/mol. The zero-order valence-corrected chi connectivity index (χ0v) is 15.1. The van der Waals surface area contributed by atoms with Crippen LogP contribution in [0.15, 0.2) is 18.2 Å². The third-order valence-electron chi connectivity index (χ3n) is 3.84. The number of benzene rings is 1. The Balaban J connectivity index is 1.52. The van der Waals surface area contributed by atoms with Gasteiger partial charge in [-0.05, 0) is 19.1 Å². The van der Waals surface area contributed by atoms with Crippen LogP contribution in [0.3, 0.4) is 0 Å². The quantitative estimate of drug-likeness (QED) is 0.733. The first kappa shape index (κ1) is 18.4. The topological polar surface area (TPSA) is 103 Å². The number of amides is 2. The van der Waals surface area contributed by atoms with E-state index in [-0.39, 0.29) is 24.8 Å². The first-order valence-corrected chi connectivity index (χ1v) is 9.40. The highest BCUT2D eigenvalue weighted by atomic mass is 32.2. The number of fused-ring (bicyclic) bond motifs is 1. The maximum atomic E-state index is 12.2. The lowest BCUT2D eigenvalue weighted by Crippen LogP contribution is -2.51. The largest absolute Gasteiger partial charge is 0.486 e. The maximum Gasteiger partial charge on any atom is 0.329 e. The van der Waals surface area contributed by atoms with E-state index in [2.05, 4.69) is 10.6 Å². The van der Waals surface area contributed by atoms with Gasteiger partial charge < -0.3 is 24.8 Å². The van der Waals surface area contributed by atoms with E-state index in [9.17, 15) is 14.4 Å². The molecule has 2 atom stereocenters. The number of nitrogens with one attached hydrogen (secondary N) is 2. The molecule has 2 amide bonds. The molecule has 0 saturated carbocycles. The number of anilines is 1.